The van der Waals surface area contributed by atoms with Gasteiger partial charge in [0.2, 0.25) is 0 Å². The number of halogens is 4. The van der Waals surface area contributed by atoms with Crippen LogP contribution in [0.3, 0.4) is 0 Å². The molecule has 0 fully saturated rings. The number of aromatic amines is 1. The maximum Gasteiger partial charge on any atom is 0.199 e. The van der Waals surface area contributed by atoms with Crippen molar-refractivity contribution in [1.29, 1.82) is 0 Å². The highest BCUT2D eigenvalue weighted by molar-refractivity contribution is 5.96. The molecule has 0 bridgehead atoms. The Bertz CT molecular complexity index is 803. The van der Waals surface area contributed by atoms with Crippen LogP contribution in [0.5, 0.6) is 0 Å². The van der Waals surface area contributed by atoms with Crippen LogP contribution in [0.15, 0.2) is 30.5 Å². The van der Waals surface area contributed by atoms with Gasteiger partial charge in [0, 0.05) is 17.1 Å². The predicted octanol–water partition coefficient (Wildman–Crippen LogP) is 4.70. The lowest BCUT2D eigenvalue weighted by molar-refractivity contribution is 0.417. The normalized spacial score (nSPS) is 11.2. The molecule has 0 amide bonds. The molecular formula is C15H9F4N. The largest absolute Gasteiger partial charge is 0.358 e. The van der Waals surface area contributed by atoms with Crippen LogP contribution < -0.4 is 0 Å². The summed E-state index contributed by atoms with van der Waals surface area (Å²) in [6, 6.07) is 7.00. The van der Waals surface area contributed by atoms with E-state index in [1.807, 2.05) is 6.92 Å². The first-order chi connectivity index (χ1) is 9.50. The summed E-state index contributed by atoms with van der Waals surface area (Å²) in [6.45, 7) is 1.88. The molecule has 0 saturated carbocycles. The monoisotopic (exact) mass is 279 g/mol. The van der Waals surface area contributed by atoms with Crippen LogP contribution in [0, 0.1) is 30.2 Å². The van der Waals surface area contributed by atoms with Gasteiger partial charge in [-0.1, -0.05) is 29.8 Å². The number of hydrogen-bond donors (Lipinski definition) is 1. The van der Waals surface area contributed by atoms with E-state index in [9.17, 15) is 17.6 Å². The lowest BCUT2D eigenvalue weighted by Crippen LogP contribution is -1.97. The van der Waals surface area contributed by atoms with Crippen molar-refractivity contribution in [2.45, 2.75) is 6.92 Å². The molecule has 3 aromatic rings. The Hall–Kier alpha value is -2.30. The maximum absolute atomic E-state index is 13.9. The van der Waals surface area contributed by atoms with Gasteiger partial charge in [-0.25, -0.2) is 17.6 Å². The van der Waals surface area contributed by atoms with Crippen molar-refractivity contribution in [3.8, 4) is 11.1 Å². The zero-order valence-corrected chi connectivity index (χ0v) is 10.4. The van der Waals surface area contributed by atoms with Gasteiger partial charge in [-0.05, 0) is 12.5 Å². The molecule has 0 spiro atoms. The summed E-state index contributed by atoms with van der Waals surface area (Å²) in [7, 11) is 0. The highest BCUT2D eigenvalue weighted by Crippen LogP contribution is 2.34. The van der Waals surface area contributed by atoms with Crippen molar-refractivity contribution >= 4 is 10.9 Å². The minimum atomic E-state index is -1.81. The molecule has 1 nitrogen and oxygen atoms in total. The van der Waals surface area contributed by atoms with Gasteiger partial charge in [0.25, 0.3) is 0 Å². The molecule has 0 aliphatic carbocycles. The molecule has 20 heavy (non-hydrogen) atoms. The SMILES string of the molecule is Cc1ccc(-c2c[nH]c3c(F)c(F)c(F)c(F)c23)cc1. The lowest BCUT2D eigenvalue weighted by Gasteiger charge is -2.04. The molecule has 0 aliphatic rings. The molecule has 2 aromatic carbocycles. The van der Waals surface area contributed by atoms with Crippen LogP contribution in [0.25, 0.3) is 22.0 Å². The van der Waals surface area contributed by atoms with E-state index in [1.54, 1.807) is 24.3 Å². The van der Waals surface area contributed by atoms with E-state index in [0.717, 1.165) is 5.56 Å². The summed E-state index contributed by atoms with van der Waals surface area (Å²) in [5.74, 6) is -6.43. The number of H-pyrrole nitrogens is 1. The predicted molar refractivity (Wildman–Crippen MR) is 68.3 cm³/mol. The molecule has 1 heterocycles. The average Bonchev–Trinajstić information content (AvgIpc) is 2.88. The molecule has 0 atom stereocenters. The number of aryl methyl sites for hydroxylation is 1. The van der Waals surface area contributed by atoms with Gasteiger partial charge < -0.3 is 4.98 Å². The molecule has 0 saturated heterocycles. The molecule has 5 heteroatoms. The number of rotatable bonds is 1. The van der Waals surface area contributed by atoms with E-state index < -0.39 is 23.3 Å². The summed E-state index contributed by atoms with van der Waals surface area (Å²) in [5, 5.41) is -0.287. The van der Waals surface area contributed by atoms with Crippen LogP contribution in [-0.2, 0) is 0 Å². The topological polar surface area (TPSA) is 15.8 Å². The van der Waals surface area contributed by atoms with Gasteiger partial charge in [0.15, 0.2) is 23.3 Å². The summed E-state index contributed by atoms with van der Waals surface area (Å²) in [6.07, 6.45) is 1.33. The molecule has 0 unspecified atom stereocenters. The van der Waals surface area contributed by atoms with E-state index in [0.29, 0.717) is 5.56 Å². The zero-order chi connectivity index (χ0) is 14.4. The van der Waals surface area contributed by atoms with Gasteiger partial charge in [-0.15, -0.1) is 0 Å². The van der Waals surface area contributed by atoms with E-state index in [4.69, 9.17) is 0 Å². The third-order valence-corrected chi connectivity index (χ3v) is 3.26. The number of hydrogen-bond acceptors (Lipinski definition) is 0. The Morgan fingerprint density at radius 2 is 1.40 bits per heavy atom. The molecule has 1 N–H and O–H groups in total. The van der Waals surface area contributed by atoms with Gasteiger partial charge in [0.1, 0.15) is 0 Å². The van der Waals surface area contributed by atoms with Crippen molar-refractivity contribution in [1.82, 2.24) is 4.98 Å². The quantitative estimate of drug-likeness (QED) is 0.377. The van der Waals surface area contributed by atoms with E-state index in [-0.39, 0.29) is 16.5 Å². The third kappa shape index (κ3) is 1.70. The number of nitrogens with one attached hydrogen (secondary N) is 1. The fourth-order valence-electron chi connectivity index (χ4n) is 2.20. The molecule has 1 aromatic heterocycles. The van der Waals surface area contributed by atoms with E-state index in [2.05, 4.69) is 4.98 Å². The maximum atomic E-state index is 13.9. The first kappa shape index (κ1) is 12.7. The second-order valence-corrected chi connectivity index (χ2v) is 4.57. The van der Waals surface area contributed by atoms with Crippen molar-refractivity contribution in [3.63, 3.8) is 0 Å². The third-order valence-electron chi connectivity index (χ3n) is 3.26. The summed E-state index contributed by atoms with van der Waals surface area (Å²) in [4.78, 5) is 2.46. The van der Waals surface area contributed by atoms with Crippen LogP contribution in [0.4, 0.5) is 17.6 Å². The van der Waals surface area contributed by atoms with Gasteiger partial charge in [-0.2, -0.15) is 0 Å². The summed E-state index contributed by atoms with van der Waals surface area (Å²) in [5.41, 5.74) is 1.50. The minimum absolute atomic E-state index is 0.287. The molecule has 0 radical (unpaired) electrons. The average molecular weight is 279 g/mol. The number of benzene rings is 2. The molecule has 0 aliphatic heterocycles. The molecular weight excluding hydrogens is 270 g/mol. The first-order valence-corrected chi connectivity index (χ1v) is 5.90. The van der Waals surface area contributed by atoms with Crippen molar-refractivity contribution in [3.05, 3.63) is 59.3 Å². The minimum Gasteiger partial charge on any atom is -0.358 e. The van der Waals surface area contributed by atoms with Gasteiger partial charge in [-0.3, -0.25) is 0 Å². The van der Waals surface area contributed by atoms with Crippen molar-refractivity contribution in [2.24, 2.45) is 0 Å². The lowest BCUT2D eigenvalue weighted by atomic mass is 10.0. The smallest absolute Gasteiger partial charge is 0.199 e. The second-order valence-electron chi connectivity index (χ2n) is 4.57. The van der Waals surface area contributed by atoms with E-state index in [1.165, 1.54) is 6.20 Å². The number of fused-ring (bicyclic) bond motifs is 1. The standard InChI is InChI=1S/C15H9F4N/c1-7-2-4-8(5-3-7)9-6-20-15-10(9)11(16)12(17)13(18)14(15)19/h2-6,20H,1H3. The van der Waals surface area contributed by atoms with Crippen molar-refractivity contribution < 1.29 is 17.6 Å². The highest BCUT2D eigenvalue weighted by atomic mass is 19.2. The summed E-state index contributed by atoms with van der Waals surface area (Å²) < 4.78 is 54.0. The Morgan fingerprint density at radius 3 is 2.05 bits per heavy atom. The highest BCUT2D eigenvalue weighted by Gasteiger charge is 2.23. The Kier molecular flexibility index (Phi) is 2.78. The first-order valence-electron chi connectivity index (χ1n) is 5.90. The molecule has 102 valence electrons. The van der Waals surface area contributed by atoms with Crippen LogP contribution in [0.2, 0.25) is 0 Å². The fourth-order valence-corrected chi connectivity index (χ4v) is 2.20. The number of aromatic nitrogens is 1. The second kappa shape index (κ2) is 4.37. The zero-order valence-electron chi connectivity index (χ0n) is 10.4. The van der Waals surface area contributed by atoms with Crippen molar-refractivity contribution in [2.75, 3.05) is 0 Å². The summed E-state index contributed by atoms with van der Waals surface area (Å²) >= 11 is 0. The fraction of sp³-hybridized carbons (Fsp3) is 0.0667. The van der Waals surface area contributed by atoms with E-state index >= 15 is 0 Å². The van der Waals surface area contributed by atoms with Gasteiger partial charge >= 0.3 is 0 Å². The van der Waals surface area contributed by atoms with Gasteiger partial charge in [0.05, 0.1) is 5.52 Å². The Balaban J connectivity index is 2.36. The Morgan fingerprint density at radius 1 is 0.800 bits per heavy atom. The molecule has 3 rings (SSSR count). The van der Waals surface area contributed by atoms with Crippen LogP contribution in [0.1, 0.15) is 5.56 Å². The Labute approximate surface area is 111 Å². The van der Waals surface area contributed by atoms with Crippen LogP contribution >= 0.6 is 0 Å². The van der Waals surface area contributed by atoms with Crippen LogP contribution in [-0.4, -0.2) is 4.98 Å².